The fourth-order valence-corrected chi connectivity index (χ4v) is 1.95. The van der Waals surface area contributed by atoms with Crippen molar-refractivity contribution in [3.05, 3.63) is 65.2 Å². The molecule has 0 aliphatic heterocycles. The molecule has 2 aromatic carbocycles. The average molecular weight is 320 g/mol. The van der Waals surface area contributed by atoms with E-state index >= 15 is 0 Å². The summed E-state index contributed by atoms with van der Waals surface area (Å²) in [7, 11) is 0. The Morgan fingerprint density at radius 1 is 0.957 bits per heavy atom. The Bertz CT molecular complexity index is 715. The molecule has 0 bridgehead atoms. The van der Waals surface area contributed by atoms with Crippen molar-refractivity contribution >= 4 is 17.5 Å². The van der Waals surface area contributed by atoms with Gasteiger partial charge in [-0.1, -0.05) is 24.3 Å². The first kappa shape index (κ1) is 16.6. The Balaban J connectivity index is 1.96. The van der Waals surface area contributed by atoms with E-state index in [9.17, 15) is 23.5 Å². The van der Waals surface area contributed by atoms with E-state index in [1.807, 2.05) is 0 Å². The minimum atomic E-state index is -1.04. The quantitative estimate of drug-likeness (QED) is 0.751. The van der Waals surface area contributed by atoms with Crippen LogP contribution in [0.2, 0.25) is 0 Å². The molecule has 120 valence electrons. The molecular weight excluding hydrogens is 306 g/mol. The van der Waals surface area contributed by atoms with Gasteiger partial charge in [0.25, 0.3) is 0 Å². The Hall–Kier alpha value is -2.80. The maximum atomic E-state index is 13.0. The van der Waals surface area contributed by atoms with Crippen LogP contribution < -0.4 is 10.6 Å². The Kier molecular flexibility index (Phi) is 5.37. The summed E-state index contributed by atoms with van der Waals surface area (Å²) >= 11 is 0. The van der Waals surface area contributed by atoms with Crippen molar-refractivity contribution in [2.75, 3.05) is 5.32 Å². The van der Waals surface area contributed by atoms with Crippen molar-refractivity contribution in [3.8, 4) is 0 Å². The molecule has 0 atom stereocenters. The molecule has 5 nitrogen and oxygen atoms in total. The van der Waals surface area contributed by atoms with Crippen molar-refractivity contribution < 1.29 is 23.5 Å². The lowest BCUT2D eigenvalue weighted by atomic mass is 10.1. The van der Waals surface area contributed by atoms with Gasteiger partial charge in [-0.25, -0.2) is 8.78 Å². The van der Waals surface area contributed by atoms with Crippen LogP contribution >= 0.6 is 0 Å². The molecule has 0 aliphatic rings. The summed E-state index contributed by atoms with van der Waals surface area (Å²) in [6, 6.07) is 9.31. The van der Waals surface area contributed by atoms with Gasteiger partial charge in [0, 0.05) is 18.3 Å². The fourth-order valence-electron chi connectivity index (χ4n) is 1.95. The predicted octanol–water partition coefficient (Wildman–Crippen LogP) is 1.71. The standard InChI is InChI=1S/C16H14F2N2O3/c17-12-5-13(18)7-14(6-12)20-16(23)15(22)19-8-10-3-1-2-4-11(10)9-21/h1-7,21H,8-9H2,(H,19,22)(H,20,23). The lowest BCUT2D eigenvalue weighted by Gasteiger charge is -2.09. The zero-order valence-corrected chi connectivity index (χ0v) is 12.0. The lowest BCUT2D eigenvalue weighted by Crippen LogP contribution is -2.35. The van der Waals surface area contributed by atoms with E-state index in [-0.39, 0.29) is 18.8 Å². The summed E-state index contributed by atoms with van der Waals surface area (Å²) in [5, 5.41) is 13.7. The zero-order chi connectivity index (χ0) is 16.8. The number of carbonyl (C=O) groups excluding carboxylic acids is 2. The van der Waals surface area contributed by atoms with Crippen molar-refractivity contribution in [1.82, 2.24) is 5.32 Å². The summed E-state index contributed by atoms with van der Waals surface area (Å²) in [4.78, 5) is 23.4. The summed E-state index contributed by atoms with van der Waals surface area (Å²) < 4.78 is 26.0. The van der Waals surface area contributed by atoms with Gasteiger partial charge in [0.15, 0.2) is 0 Å². The van der Waals surface area contributed by atoms with E-state index < -0.39 is 23.4 Å². The first-order valence-corrected chi connectivity index (χ1v) is 6.72. The van der Waals surface area contributed by atoms with Crippen LogP contribution in [0.3, 0.4) is 0 Å². The second-order valence-corrected chi connectivity index (χ2v) is 4.72. The SMILES string of the molecule is O=C(NCc1ccccc1CO)C(=O)Nc1cc(F)cc(F)c1. The molecule has 2 rings (SSSR count). The highest BCUT2D eigenvalue weighted by molar-refractivity contribution is 6.39. The Morgan fingerprint density at radius 3 is 2.17 bits per heavy atom. The number of aliphatic hydroxyl groups excluding tert-OH is 1. The summed E-state index contributed by atoms with van der Waals surface area (Å²) in [6.45, 7) is -0.151. The minimum absolute atomic E-state index is 0.0422. The van der Waals surface area contributed by atoms with E-state index in [1.54, 1.807) is 24.3 Å². The van der Waals surface area contributed by atoms with Crippen molar-refractivity contribution in [3.63, 3.8) is 0 Å². The highest BCUT2D eigenvalue weighted by Gasteiger charge is 2.15. The molecule has 0 spiro atoms. The molecule has 0 radical (unpaired) electrons. The van der Waals surface area contributed by atoms with Crippen molar-refractivity contribution in [2.24, 2.45) is 0 Å². The summed E-state index contributed by atoms with van der Waals surface area (Å²) in [5.41, 5.74) is 1.13. The highest BCUT2D eigenvalue weighted by atomic mass is 19.1. The molecule has 23 heavy (non-hydrogen) atoms. The van der Waals surface area contributed by atoms with Crippen LogP contribution in [-0.4, -0.2) is 16.9 Å². The van der Waals surface area contributed by atoms with Gasteiger partial charge in [0.2, 0.25) is 0 Å². The lowest BCUT2D eigenvalue weighted by molar-refractivity contribution is -0.136. The smallest absolute Gasteiger partial charge is 0.313 e. The molecule has 0 saturated heterocycles. The van der Waals surface area contributed by atoms with Crippen molar-refractivity contribution in [2.45, 2.75) is 13.2 Å². The van der Waals surface area contributed by atoms with Crippen LogP contribution in [0, 0.1) is 11.6 Å². The second kappa shape index (κ2) is 7.46. The Labute approximate surface area is 130 Å². The van der Waals surface area contributed by atoms with E-state index in [2.05, 4.69) is 10.6 Å². The van der Waals surface area contributed by atoms with Crippen molar-refractivity contribution in [1.29, 1.82) is 0 Å². The van der Waals surface area contributed by atoms with Crippen LogP contribution in [0.25, 0.3) is 0 Å². The highest BCUT2D eigenvalue weighted by Crippen LogP contribution is 2.13. The number of nitrogens with one attached hydrogen (secondary N) is 2. The Morgan fingerprint density at radius 2 is 1.57 bits per heavy atom. The first-order chi connectivity index (χ1) is 11.0. The maximum absolute atomic E-state index is 13.0. The number of anilines is 1. The van der Waals surface area contributed by atoms with E-state index in [0.29, 0.717) is 17.2 Å². The second-order valence-electron chi connectivity index (χ2n) is 4.72. The normalized spacial score (nSPS) is 10.2. The van der Waals surface area contributed by atoms with E-state index in [0.717, 1.165) is 12.1 Å². The van der Waals surface area contributed by atoms with Gasteiger partial charge < -0.3 is 15.7 Å². The van der Waals surface area contributed by atoms with Crippen LogP contribution in [0.4, 0.5) is 14.5 Å². The molecule has 0 aromatic heterocycles. The summed E-state index contributed by atoms with van der Waals surface area (Å²) in [5.74, 6) is -3.73. The van der Waals surface area contributed by atoms with Gasteiger partial charge in [0.1, 0.15) is 11.6 Å². The number of aliphatic hydroxyl groups is 1. The van der Waals surface area contributed by atoms with Gasteiger partial charge in [0.05, 0.1) is 6.61 Å². The van der Waals surface area contributed by atoms with Gasteiger partial charge in [-0.3, -0.25) is 9.59 Å². The number of hydrogen-bond donors (Lipinski definition) is 3. The van der Waals surface area contributed by atoms with Crippen LogP contribution in [-0.2, 0) is 22.7 Å². The number of carbonyl (C=O) groups is 2. The van der Waals surface area contributed by atoms with Gasteiger partial charge >= 0.3 is 11.8 Å². The molecule has 0 aliphatic carbocycles. The average Bonchev–Trinajstić information content (AvgIpc) is 2.51. The number of benzene rings is 2. The fraction of sp³-hybridized carbons (Fsp3) is 0.125. The first-order valence-electron chi connectivity index (χ1n) is 6.72. The molecule has 2 aromatic rings. The zero-order valence-electron chi connectivity index (χ0n) is 12.0. The third kappa shape index (κ3) is 4.58. The molecule has 7 heteroatoms. The molecule has 0 unspecified atom stereocenters. The number of halogens is 2. The predicted molar refractivity (Wildman–Crippen MR) is 79.2 cm³/mol. The molecule has 0 fully saturated rings. The van der Waals surface area contributed by atoms with Gasteiger partial charge in [-0.15, -0.1) is 0 Å². The van der Waals surface area contributed by atoms with Crippen LogP contribution in [0.5, 0.6) is 0 Å². The van der Waals surface area contributed by atoms with Gasteiger partial charge in [-0.2, -0.15) is 0 Å². The van der Waals surface area contributed by atoms with Crippen LogP contribution in [0.15, 0.2) is 42.5 Å². The molecule has 2 amide bonds. The number of hydrogen-bond acceptors (Lipinski definition) is 3. The minimum Gasteiger partial charge on any atom is -0.392 e. The molecular formula is C16H14F2N2O3. The third-order valence-electron chi connectivity index (χ3n) is 3.05. The van der Waals surface area contributed by atoms with Gasteiger partial charge in [-0.05, 0) is 23.3 Å². The number of amides is 2. The third-order valence-corrected chi connectivity index (χ3v) is 3.05. The molecule has 0 saturated carbocycles. The van der Waals surface area contributed by atoms with E-state index in [1.165, 1.54) is 0 Å². The monoisotopic (exact) mass is 320 g/mol. The largest absolute Gasteiger partial charge is 0.392 e. The molecule has 0 heterocycles. The van der Waals surface area contributed by atoms with E-state index in [4.69, 9.17) is 0 Å². The van der Waals surface area contributed by atoms with Crippen LogP contribution in [0.1, 0.15) is 11.1 Å². The topological polar surface area (TPSA) is 78.4 Å². The number of rotatable bonds is 4. The summed E-state index contributed by atoms with van der Waals surface area (Å²) in [6.07, 6.45) is 0. The molecule has 3 N–H and O–H groups in total. The maximum Gasteiger partial charge on any atom is 0.313 e.